The fourth-order valence-corrected chi connectivity index (χ4v) is 3.64. The lowest BCUT2D eigenvalue weighted by atomic mass is 10.2. The lowest BCUT2D eigenvalue weighted by molar-refractivity contribution is -0.856. The Morgan fingerprint density at radius 1 is 1.19 bits per heavy atom. The minimum absolute atomic E-state index is 0.0177. The van der Waals surface area contributed by atoms with Crippen LogP contribution in [0.4, 0.5) is 5.13 Å². The van der Waals surface area contributed by atoms with E-state index in [4.69, 9.17) is 9.72 Å². The fraction of sp³-hybridized carbons (Fsp3) is 0.300. The van der Waals surface area contributed by atoms with Gasteiger partial charge in [-0.3, -0.25) is 9.69 Å². The van der Waals surface area contributed by atoms with E-state index in [2.05, 4.69) is 14.1 Å². The monoisotopic (exact) mass is 370 g/mol. The maximum Gasteiger partial charge on any atom is 0.260 e. The number of nitrogens with zero attached hydrogens (tertiary/aromatic N) is 2. The molecule has 0 aliphatic rings. The van der Waals surface area contributed by atoms with Crippen molar-refractivity contribution in [3.63, 3.8) is 0 Å². The first-order valence-electron chi connectivity index (χ1n) is 8.78. The average molecular weight is 370 g/mol. The average Bonchev–Trinajstić information content (AvgIpc) is 3.05. The van der Waals surface area contributed by atoms with Gasteiger partial charge in [-0.1, -0.05) is 29.5 Å². The SMILES string of the molecule is CCOc1ccc2nc(N(CC[NH+](C)C)C(=O)c3ccccc3)sc2c1. The van der Waals surface area contributed by atoms with Crippen molar-refractivity contribution in [1.29, 1.82) is 0 Å². The highest BCUT2D eigenvalue weighted by molar-refractivity contribution is 7.22. The van der Waals surface area contributed by atoms with Gasteiger partial charge in [-0.05, 0) is 37.3 Å². The predicted octanol–water partition coefficient (Wildman–Crippen LogP) is 2.49. The zero-order valence-electron chi connectivity index (χ0n) is 15.4. The summed E-state index contributed by atoms with van der Waals surface area (Å²) in [6.07, 6.45) is 0. The minimum Gasteiger partial charge on any atom is -0.494 e. The van der Waals surface area contributed by atoms with Crippen LogP contribution in [0.3, 0.4) is 0 Å². The van der Waals surface area contributed by atoms with Gasteiger partial charge in [0.1, 0.15) is 5.75 Å². The Kier molecular flexibility index (Phi) is 5.85. The number of anilines is 1. The van der Waals surface area contributed by atoms with E-state index < -0.39 is 0 Å². The molecule has 1 amide bonds. The Labute approximate surface area is 157 Å². The highest BCUT2D eigenvalue weighted by Gasteiger charge is 2.22. The zero-order chi connectivity index (χ0) is 18.5. The summed E-state index contributed by atoms with van der Waals surface area (Å²) in [5.41, 5.74) is 1.56. The van der Waals surface area contributed by atoms with E-state index in [1.165, 1.54) is 16.2 Å². The highest BCUT2D eigenvalue weighted by Crippen LogP contribution is 2.32. The van der Waals surface area contributed by atoms with E-state index in [1.54, 1.807) is 4.90 Å². The number of benzene rings is 2. The number of ether oxygens (including phenoxy) is 1. The first kappa shape index (κ1) is 18.4. The molecule has 1 aromatic heterocycles. The molecular weight excluding hydrogens is 346 g/mol. The number of fused-ring (bicyclic) bond motifs is 1. The molecule has 0 atom stereocenters. The van der Waals surface area contributed by atoms with Crippen LogP contribution >= 0.6 is 11.3 Å². The van der Waals surface area contributed by atoms with Crippen LogP contribution in [0.2, 0.25) is 0 Å². The van der Waals surface area contributed by atoms with E-state index in [-0.39, 0.29) is 5.91 Å². The summed E-state index contributed by atoms with van der Waals surface area (Å²) in [4.78, 5) is 20.8. The van der Waals surface area contributed by atoms with E-state index in [0.29, 0.717) is 18.7 Å². The second-order valence-electron chi connectivity index (χ2n) is 6.34. The maximum absolute atomic E-state index is 13.1. The van der Waals surface area contributed by atoms with Gasteiger partial charge in [0.05, 0.1) is 44.0 Å². The standard InChI is InChI=1S/C20H23N3O2S/c1-4-25-16-10-11-17-18(14-16)26-20(21-17)23(13-12-22(2)3)19(24)15-8-6-5-7-9-15/h5-11,14H,4,12-13H2,1-3H3/p+1. The summed E-state index contributed by atoms with van der Waals surface area (Å²) in [6, 6.07) is 15.2. The Morgan fingerprint density at radius 2 is 1.96 bits per heavy atom. The van der Waals surface area contributed by atoms with Crippen molar-refractivity contribution >= 4 is 32.6 Å². The molecule has 1 N–H and O–H groups in total. The largest absolute Gasteiger partial charge is 0.494 e. The predicted molar refractivity (Wildman–Crippen MR) is 107 cm³/mol. The number of carbonyl (C=O) groups excluding carboxylic acids is 1. The smallest absolute Gasteiger partial charge is 0.260 e. The first-order chi connectivity index (χ1) is 12.6. The van der Waals surface area contributed by atoms with Gasteiger partial charge in [-0.2, -0.15) is 0 Å². The summed E-state index contributed by atoms with van der Waals surface area (Å²) in [6.45, 7) is 4.06. The molecule has 5 nitrogen and oxygen atoms in total. The number of hydrogen-bond acceptors (Lipinski definition) is 4. The van der Waals surface area contributed by atoms with E-state index in [1.807, 2.05) is 55.5 Å². The number of hydrogen-bond donors (Lipinski definition) is 1. The lowest BCUT2D eigenvalue weighted by Gasteiger charge is -2.20. The van der Waals surface area contributed by atoms with E-state index >= 15 is 0 Å². The topological polar surface area (TPSA) is 46.9 Å². The van der Waals surface area contributed by atoms with Gasteiger partial charge in [0, 0.05) is 5.56 Å². The number of rotatable bonds is 7. The molecule has 0 saturated carbocycles. The molecule has 1 heterocycles. The van der Waals surface area contributed by atoms with Crippen molar-refractivity contribution < 1.29 is 14.4 Å². The van der Waals surface area contributed by atoms with Crippen molar-refractivity contribution in [2.75, 3.05) is 38.7 Å². The molecule has 0 bridgehead atoms. The number of likely N-dealkylation sites (N-methyl/N-ethyl adjacent to an activating group) is 1. The van der Waals surface area contributed by atoms with Crippen LogP contribution < -0.4 is 14.5 Å². The Hall–Kier alpha value is -2.44. The Morgan fingerprint density at radius 3 is 2.65 bits per heavy atom. The third kappa shape index (κ3) is 4.20. The van der Waals surface area contributed by atoms with Crippen LogP contribution in [0.5, 0.6) is 5.75 Å². The number of quaternary nitrogens is 1. The van der Waals surface area contributed by atoms with Crippen LogP contribution in [-0.2, 0) is 0 Å². The summed E-state index contributed by atoms with van der Waals surface area (Å²) in [5.74, 6) is 0.810. The van der Waals surface area contributed by atoms with Crippen molar-refractivity contribution in [2.24, 2.45) is 0 Å². The van der Waals surface area contributed by atoms with Gasteiger partial charge < -0.3 is 9.64 Å². The number of aromatic nitrogens is 1. The highest BCUT2D eigenvalue weighted by atomic mass is 32.1. The molecule has 0 fully saturated rings. The summed E-state index contributed by atoms with van der Waals surface area (Å²) in [5, 5.41) is 0.726. The molecule has 3 aromatic rings. The molecule has 0 aliphatic carbocycles. The molecule has 136 valence electrons. The fourth-order valence-electron chi connectivity index (χ4n) is 2.62. The molecular formula is C20H24N3O2S+. The van der Waals surface area contributed by atoms with Crippen LogP contribution in [0.1, 0.15) is 17.3 Å². The van der Waals surface area contributed by atoms with Crippen molar-refractivity contribution in [3.8, 4) is 5.75 Å². The summed E-state index contributed by atoms with van der Waals surface area (Å²) >= 11 is 1.52. The first-order valence-corrected chi connectivity index (χ1v) is 9.59. The number of carbonyl (C=O) groups is 1. The Balaban J connectivity index is 1.95. The second kappa shape index (κ2) is 8.29. The van der Waals surface area contributed by atoms with Crippen molar-refractivity contribution in [2.45, 2.75) is 6.92 Å². The molecule has 0 radical (unpaired) electrons. The maximum atomic E-state index is 13.1. The zero-order valence-corrected chi connectivity index (χ0v) is 16.2. The second-order valence-corrected chi connectivity index (χ2v) is 7.35. The minimum atomic E-state index is -0.0177. The van der Waals surface area contributed by atoms with Gasteiger partial charge in [0.2, 0.25) is 0 Å². The van der Waals surface area contributed by atoms with Crippen LogP contribution in [0, 0.1) is 0 Å². The van der Waals surface area contributed by atoms with Gasteiger partial charge in [-0.15, -0.1) is 0 Å². The molecule has 0 spiro atoms. The van der Waals surface area contributed by atoms with E-state index in [0.717, 1.165) is 27.6 Å². The Bertz CT molecular complexity index is 877. The molecule has 2 aromatic carbocycles. The third-order valence-corrected chi connectivity index (χ3v) is 5.03. The van der Waals surface area contributed by atoms with Crippen molar-refractivity contribution in [1.82, 2.24) is 4.98 Å². The van der Waals surface area contributed by atoms with Crippen molar-refractivity contribution in [3.05, 3.63) is 54.1 Å². The summed E-state index contributed by atoms with van der Waals surface area (Å²) in [7, 11) is 4.16. The number of nitrogens with one attached hydrogen (secondary N) is 1. The number of thiazole rings is 1. The van der Waals surface area contributed by atoms with Gasteiger partial charge in [0.15, 0.2) is 5.13 Å². The molecule has 3 rings (SSSR count). The van der Waals surface area contributed by atoms with Gasteiger partial charge in [-0.25, -0.2) is 4.98 Å². The molecule has 6 heteroatoms. The quantitative estimate of drug-likeness (QED) is 0.695. The molecule has 0 saturated heterocycles. The number of amides is 1. The van der Waals surface area contributed by atoms with Crippen LogP contribution in [0.25, 0.3) is 10.2 Å². The van der Waals surface area contributed by atoms with Crippen LogP contribution in [0.15, 0.2) is 48.5 Å². The lowest BCUT2D eigenvalue weighted by Crippen LogP contribution is -3.06. The summed E-state index contributed by atoms with van der Waals surface area (Å²) < 4.78 is 6.60. The van der Waals surface area contributed by atoms with Gasteiger partial charge in [0.25, 0.3) is 5.91 Å². The molecule has 26 heavy (non-hydrogen) atoms. The molecule has 0 aliphatic heterocycles. The van der Waals surface area contributed by atoms with Gasteiger partial charge >= 0.3 is 0 Å². The normalized spacial score (nSPS) is 11.1. The third-order valence-electron chi connectivity index (χ3n) is 3.99. The molecule has 0 unspecified atom stereocenters. The van der Waals surface area contributed by atoms with Crippen LogP contribution in [-0.4, -0.2) is 44.7 Å². The van der Waals surface area contributed by atoms with E-state index in [9.17, 15) is 4.79 Å².